The molecule has 0 radical (unpaired) electrons. The molecule has 0 bridgehead atoms. The maximum absolute atomic E-state index is 12.2. The zero-order chi connectivity index (χ0) is 16.4. The highest BCUT2D eigenvalue weighted by Gasteiger charge is 2.36. The third kappa shape index (κ3) is 4.21. The first-order valence-electron chi connectivity index (χ1n) is 7.71. The minimum atomic E-state index is -4.37. The molecule has 23 heavy (non-hydrogen) atoms. The van der Waals surface area contributed by atoms with Crippen molar-refractivity contribution < 1.29 is 27.2 Å². The third-order valence-electron chi connectivity index (χ3n) is 3.98. The highest BCUT2D eigenvalue weighted by atomic mass is 19.4. The highest BCUT2D eigenvalue weighted by Crippen LogP contribution is 2.40. The zero-order valence-electron chi connectivity index (χ0n) is 12.5. The smallest absolute Gasteiger partial charge is 0.372 e. The number of carbonyl (C=O) groups is 1. The van der Waals surface area contributed by atoms with E-state index in [1.807, 2.05) is 0 Å². The summed E-state index contributed by atoms with van der Waals surface area (Å²) in [5.41, 5.74) is 0. The summed E-state index contributed by atoms with van der Waals surface area (Å²) in [6.07, 6.45) is -0.814. The maximum atomic E-state index is 12.2. The van der Waals surface area contributed by atoms with Gasteiger partial charge in [-0.05, 0) is 25.7 Å². The predicted molar refractivity (Wildman–Crippen MR) is 71.5 cm³/mol. The van der Waals surface area contributed by atoms with E-state index in [1.54, 1.807) is 4.90 Å². The molecule has 3 rings (SSSR count). The van der Waals surface area contributed by atoms with Crippen molar-refractivity contribution in [3.63, 3.8) is 0 Å². The summed E-state index contributed by atoms with van der Waals surface area (Å²) < 4.78 is 45.7. The lowest BCUT2D eigenvalue weighted by Gasteiger charge is -2.22. The van der Waals surface area contributed by atoms with Gasteiger partial charge >= 0.3 is 6.18 Å². The molecule has 2 aliphatic rings. The van der Waals surface area contributed by atoms with Gasteiger partial charge in [0.05, 0.1) is 19.1 Å². The number of rotatable bonds is 6. The van der Waals surface area contributed by atoms with Crippen LogP contribution in [-0.4, -0.2) is 46.9 Å². The van der Waals surface area contributed by atoms with Gasteiger partial charge in [-0.25, -0.2) is 0 Å². The second-order valence-electron chi connectivity index (χ2n) is 5.93. The fourth-order valence-corrected chi connectivity index (χ4v) is 2.70. The van der Waals surface area contributed by atoms with Gasteiger partial charge in [0, 0.05) is 12.5 Å². The van der Waals surface area contributed by atoms with Crippen LogP contribution >= 0.6 is 0 Å². The number of amides is 1. The Bertz CT molecular complexity index is 557. The number of likely N-dealkylation sites (tertiary alicyclic amines) is 1. The lowest BCUT2D eigenvalue weighted by atomic mass is 10.2. The van der Waals surface area contributed by atoms with Gasteiger partial charge in [-0.15, -0.1) is 0 Å². The van der Waals surface area contributed by atoms with E-state index >= 15 is 0 Å². The number of nitrogens with zero attached hydrogens (tertiary/aromatic N) is 3. The van der Waals surface area contributed by atoms with Crippen LogP contribution < -0.4 is 0 Å². The van der Waals surface area contributed by atoms with Crippen molar-refractivity contribution in [2.75, 3.05) is 19.8 Å². The Kier molecular flexibility index (Phi) is 4.56. The van der Waals surface area contributed by atoms with E-state index in [1.165, 1.54) is 0 Å². The molecule has 0 spiro atoms. The lowest BCUT2D eigenvalue weighted by molar-refractivity contribution is -0.175. The monoisotopic (exact) mass is 333 g/mol. The lowest BCUT2D eigenvalue weighted by Crippen LogP contribution is -2.32. The Hall–Kier alpha value is -1.64. The minimum absolute atomic E-state index is 0.0834. The number of hydrogen-bond acceptors (Lipinski definition) is 5. The van der Waals surface area contributed by atoms with E-state index in [-0.39, 0.29) is 25.0 Å². The summed E-state index contributed by atoms with van der Waals surface area (Å²) >= 11 is 0. The van der Waals surface area contributed by atoms with Crippen LogP contribution in [0, 0.1) is 0 Å². The molecule has 128 valence electrons. The number of hydrogen-bond donors (Lipinski definition) is 0. The summed E-state index contributed by atoms with van der Waals surface area (Å²) in [6, 6.07) is -0.249. The van der Waals surface area contributed by atoms with Gasteiger partial charge < -0.3 is 14.2 Å². The Morgan fingerprint density at radius 2 is 2.13 bits per heavy atom. The van der Waals surface area contributed by atoms with Crippen LogP contribution in [0.1, 0.15) is 55.8 Å². The molecule has 2 heterocycles. The highest BCUT2D eigenvalue weighted by molar-refractivity contribution is 5.77. The van der Waals surface area contributed by atoms with Gasteiger partial charge in [0.2, 0.25) is 11.8 Å². The first kappa shape index (κ1) is 16.2. The summed E-state index contributed by atoms with van der Waals surface area (Å²) in [6.45, 7) is -1.03. The zero-order valence-corrected chi connectivity index (χ0v) is 12.5. The maximum Gasteiger partial charge on any atom is 0.411 e. The van der Waals surface area contributed by atoms with E-state index in [4.69, 9.17) is 4.52 Å². The molecule has 1 atom stereocenters. The SMILES string of the molecule is O=C(CCOCC(F)(F)F)N1CCC[C@@H]1c1noc(C2CC2)n1. The van der Waals surface area contributed by atoms with Crippen molar-refractivity contribution in [1.82, 2.24) is 15.0 Å². The molecule has 2 fully saturated rings. The van der Waals surface area contributed by atoms with Crippen molar-refractivity contribution in [1.29, 1.82) is 0 Å². The average molecular weight is 333 g/mol. The number of halogens is 3. The Morgan fingerprint density at radius 3 is 2.83 bits per heavy atom. The summed E-state index contributed by atoms with van der Waals surface area (Å²) in [5.74, 6) is 1.21. The normalized spacial score (nSPS) is 21.9. The van der Waals surface area contributed by atoms with Crippen LogP contribution in [0.4, 0.5) is 13.2 Å². The van der Waals surface area contributed by atoms with E-state index in [9.17, 15) is 18.0 Å². The summed E-state index contributed by atoms with van der Waals surface area (Å²) in [5, 5.41) is 3.96. The molecule has 1 saturated carbocycles. The van der Waals surface area contributed by atoms with Crippen LogP contribution in [0.2, 0.25) is 0 Å². The second kappa shape index (κ2) is 6.46. The quantitative estimate of drug-likeness (QED) is 0.749. The van der Waals surface area contributed by atoms with Crippen molar-refractivity contribution in [3.8, 4) is 0 Å². The molecule has 0 unspecified atom stereocenters. The van der Waals surface area contributed by atoms with E-state index in [2.05, 4.69) is 14.9 Å². The molecular weight excluding hydrogens is 315 g/mol. The molecule has 6 nitrogen and oxygen atoms in total. The van der Waals surface area contributed by atoms with E-state index in [0.29, 0.717) is 24.2 Å². The number of alkyl halides is 3. The second-order valence-corrected chi connectivity index (χ2v) is 5.93. The van der Waals surface area contributed by atoms with Gasteiger partial charge in [-0.2, -0.15) is 18.2 Å². The molecule has 1 aliphatic heterocycles. The van der Waals surface area contributed by atoms with Crippen LogP contribution in [0.3, 0.4) is 0 Å². The van der Waals surface area contributed by atoms with Crippen LogP contribution in [0.5, 0.6) is 0 Å². The van der Waals surface area contributed by atoms with Crippen LogP contribution in [-0.2, 0) is 9.53 Å². The fraction of sp³-hybridized carbons (Fsp3) is 0.786. The molecular formula is C14H18F3N3O3. The van der Waals surface area contributed by atoms with Gasteiger partial charge in [-0.1, -0.05) is 5.16 Å². The molecule has 1 aromatic rings. The molecule has 1 aliphatic carbocycles. The number of carbonyl (C=O) groups excluding carboxylic acids is 1. The van der Waals surface area contributed by atoms with E-state index < -0.39 is 12.8 Å². The topological polar surface area (TPSA) is 68.5 Å². The number of ether oxygens (including phenoxy) is 1. The van der Waals surface area contributed by atoms with Gasteiger partial charge in [-0.3, -0.25) is 4.79 Å². The van der Waals surface area contributed by atoms with Gasteiger partial charge in [0.1, 0.15) is 6.61 Å². The first-order chi connectivity index (χ1) is 10.9. The Morgan fingerprint density at radius 1 is 1.35 bits per heavy atom. The standard InChI is InChI=1S/C14H18F3N3O3/c15-14(16,17)8-22-7-5-11(21)20-6-1-2-10(20)12-18-13(23-19-12)9-3-4-9/h9-10H,1-8H2/t10-/m1/s1. The number of aromatic nitrogens is 2. The molecule has 1 saturated heterocycles. The fourth-order valence-electron chi connectivity index (χ4n) is 2.70. The van der Waals surface area contributed by atoms with Crippen molar-refractivity contribution in [3.05, 3.63) is 11.7 Å². The van der Waals surface area contributed by atoms with Crippen molar-refractivity contribution >= 4 is 5.91 Å². The van der Waals surface area contributed by atoms with Gasteiger partial charge in [0.15, 0.2) is 5.82 Å². The van der Waals surface area contributed by atoms with Crippen LogP contribution in [0.25, 0.3) is 0 Å². The van der Waals surface area contributed by atoms with Crippen molar-refractivity contribution in [2.45, 2.75) is 50.2 Å². The van der Waals surface area contributed by atoms with E-state index in [0.717, 1.165) is 25.7 Å². The third-order valence-corrected chi connectivity index (χ3v) is 3.98. The average Bonchev–Trinajstić information content (AvgIpc) is 3.02. The molecule has 1 amide bonds. The van der Waals surface area contributed by atoms with Gasteiger partial charge in [0.25, 0.3) is 0 Å². The Labute approximate surface area is 131 Å². The summed E-state index contributed by atoms with van der Waals surface area (Å²) in [7, 11) is 0. The molecule has 1 aromatic heterocycles. The van der Waals surface area contributed by atoms with Crippen molar-refractivity contribution in [2.24, 2.45) is 0 Å². The summed E-state index contributed by atoms with van der Waals surface area (Å²) in [4.78, 5) is 18.2. The Balaban J connectivity index is 1.52. The van der Waals surface area contributed by atoms with Crippen LogP contribution in [0.15, 0.2) is 4.52 Å². The molecule has 0 aromatic carbocycles. The predicted octanol–water partition coefficient (Wildman–Crippen LogP) is 2.58. The minimum Gasteiger partial charge on any atom is -0.372 e. The molecule has 9 heteroatoms. The largest absolute Gasteiger partial charge is 0.411 e. The molecule has 0 N–H and O–H groups in total. The first-order valence-corrected chi connectivity index (χ1v) is 7.71.